The zero-order valence-electron chi connectivity index (χ0n) is 81.7. The van der Waals surface area contributed by atoms with Crippen LogP contribution in [0.25, 0.3) is 87.9 Å². The van der Waals surface area contributed by atoms with E-state index in [4.69, 9.17) is 18.8 Å². The lowest BCUT2D eigenvalue weighted by atomic mass is 9.67. The normalized spacial score (nSPS) is 13.4. The molecular weight excluding hydrogens is 1850 g/mol. The molecule has 0 fully saturated rings. The minimum Gasteiger partial charge on any atom is -0.455 e. The largest absolute Gasteiger partial charge is 0.455 e. The Kier molecular flexibility index (Phi) is 23.6. The average molecular weight is 1970 g/mol. The van der Waals surface area contributed by atoms with Crippen molar-refractivity contribution in [1.82, 2.24) is 9.97 Å². The van der Waals surface area contributed by atoms with E-state index in [1.807, 2.05) is 30.6 Å². The molecular formula is C125H117Br2N5O2Si3. The van der Waals surface area contributed by atoms with Crippen molar-refractivity contribution in [3.8, 4) is 22.3 Å². The minimum atomic E-state index is -1.63. The topological polar surface area (TPSA) is 70.6 Å². The van der Waals surface area contributed by atoms with Gasteiger partial charge in [-0.2, -0.15) is 0 Å². The van der Waals surface area contributed by atoms with Crippen LogP contribution in [0, 0.1) is 0 Å². The Bertz CT molecular complexity index is 7690. The summed E-state index contributed by atoms with van der Waals surface area (Å²) in [5.41, 5.74) is 30.7. The first-order valence-electron chi connectivity index (χ1n) is 47.9. The molecule has 4 heterocycles. The van der Waals surface area contributed by atoms with Crippen molar-refractivity contribution in [2.45, 2.75) is 148 Å². The van der Waals surface area contributed by atoms with E-state index in [0.29, 0.717) is 0 Å². The van der Waals surface area contributed by atoms with Gasteiger partial charge in [0.15, 0.2) is 0 Å². The zero-order chi connectivity index (χ0) is 95.6. The molecule has 2 aliphatic rings. The second-order valence-electron chi connectivity index (χ2n) is 43.2. The maximum atomic E-state index is 7.49. The number of pyridine rings is 2. The Morgan fingerprint density at radius 1 is 0.285 bits per heavy atom. The first-order chi connectivity index (χ1) is 65.6. The van der Waals surface area contributed by atoms with Gasteiger partial charge in [0, 0.05) is 105 Å². The molecule has 0 spiro atoms. The number of furan rings is 2. The van der Waals surface area contributed by atoms with Gasteiger partial charge in [0.1, 0.15) is 22.3 Å². The SMILES string of the molecule is Brc1cc2c(c3ncccc13)-c1c(cc(Br)c3c1oc1ccccc13)C2(c1ccccc1)c1ccccc1.CC(C)(C)c1ccc(N(c2ccc([Si](C)(C)C)cc2)c2cc3c(c4ncccc24)-c2c(cc(N(c4ccc(C(C)(C)C)cc4)c4ccc([Si](C)(C)C)cc4)c4c2oc2ccccc24)C3(c2ccccc2)c2ccccc2)cc1.CC(C)(C)c1ccc(Nc2ccc([Si](C)(C)C)cc2)cc1. The summed E-state index contributed by atoms with van der Waals surface area (Å²) in [7, 11) is -4.45. The molecule has 4 aromatic heterocycles. The van der Waals surface area contributed by atoms with Crippen molar-refractivity contribution in [2.75, 3.05) is 15.1 Å². The number of para-hydroxylation sites is 2. The van der Waals surface area contributed by atoms with Crippen LogP contribution < -0.4 is 30.7 Å². The monoisotopic (exact) mass is 1960 g/mol. The number of nitrogens with zero attached hydrogens (tertiary/aromatic N) is 4. The second-order valence-corrected chi connectivity index (χ2v) is 60.1. The van der Waals surface area contributed by atoms with Gasteiger partial charge >= 0.3 is 0 Å². The molecule has 7 nitrogen and oxygen atoms in total. The van der Waals surface area contributed by atoms with Crippen LogP contribution in [-0.2, 0) is 27.1 Å². The molecule has 137 heavy (non-hydrogen) atoms. The molecule has 0 saturated carbocycles. The van der Waals surface area contributed by atoms with Crippen LogP contribution >= 0.6 is 31.9 Å². The van der Waals surface area contributed by atoms with Crippen LogP contribution in [0.4, 0.5) is 45.5 Å². The number of fused-ring (bicyclic) bond motifs is 18. The van der Waals surface area contributed by atoms with E-state index >= 15 is 0 Å². The number of benzene rings is 16. The summed E-state index contributed by atoms with van der Waals surface area (Å²) >= 11 is 7.88. The van der Waals surface area contributed by atoms with E-state index in [2.05, 4.69) is 514 Å². The van der Waals surface area contributed by atoms with E-state index in [0.717, 1.165) is 154 Å². The summed E-state index contributed by atoms with van der Waals surface area (Å²) in [4.78, 5) is 15.5. The summed E-state index contributed by atoms with van der Waals surface area (Å²) in [6.45, 7) is 42.1. The molecule has 0 amide bonds. The van der Waals surface area contributed by atoms with Crippen molar-refractivity contribution in [3.63, 3.8) is 0 Å². The molecule has 0 saturated heterocycles. The zero-order valence-corrected chi connectivity index (χ0v) is 87.8. The van der Waals surface area contributed by atoms with E-state index in [-0.39, 0.29) is 16.2 Å². The maximum Gasteiger partial charge on any atom is 0.145 e. The van der Waals surface area contributed by atoms with Crippen LogP contribution in [0.2, 0.25) is 58.9 Å². The number of anilines is 8. The van der Waals surface area contributed by atoms with Gasteiger partial charge in [-0.25, -0.2) is 0 Å². The molecule has 680 valence electrons. The van der Waals surface area contributed by atoms with Gasteiger partial charge in [0.2, 0.25) is 0 Å². The molecule has 0 bridgehead atoms. The fourth-order valence-corrected chi connectivity index (χ4v) is 25.6. The molecule has 0 radical (unpaired) electrons. The lowest BCUT2D eigenvalue weighted by molar-refractivity contribution is 0.590. The standard InChI is InChI=1S/C72H71N3OSi2.C34H19Br2NO.C19H27NSi/c1-70(2,3)48-29-33-52(34-30-48)74(54-37-41-56(42-38-54)77(7,8)9)62-46-60-66(68-58(62)27-21-45-73-68)67-61(72(60,50-22-15-13-16-23-50)51-24-17-14-18-25-51)47-63(65-59-26-19-20-28-64(59)76-69(65)67)75(53-35-31-49(32-36-53)71(4,5)6)55-39-43-57(44-40-55)78(10,11)12;35-26-18-24-30(32-22(26)15-9-17-37-32)31-25(19-27(36)29-23-14-7-8-16-28(23)38-33(29)31)34(24,20-10-3-1-4-11-20)21-12-5-2-6-13-21;1-19(2,3)15-7-9-16(10-8-15)20-17-11-13-18(14-12-17)21(4,5)6/h13-47H,1-12H3;1-19H;7-14,20H,1-6H3. The highest BCUT2D eigenvalue weighted by atomic mass is 79.9. The van der Waals surface area contributed by atoms with Crippen molar-refractivity contribution in [2.24, 2.45) is 0 Å². The number of rotatable bonds is 15. The lowest BCUT2D eigenvalue weighted by Crippen LogP contribution is -2.37. The van der Waals surface area contributed by atoms with E-state index in [1.54, 1.807) is 0 Å². The minimum absolute atomic E-state index is 0.00694. The molecule has 20 aromatic rings. The molecule has 0 atom stereocenters. The third-order valence-electron chi connectivity index (χ3n) is 28.1. The van der Waals surface area contributed by atoms with Crippen molar-refractivity contribution in [3.05, 3.63) is 447 Å². The van der Waals surface area contributed by atoms with Crippen LogP contribution in [0.3, 0.4) is 0 Å². The van der Waals surface area contributed by atoms with Gasteiger partial charge in [-0.3, -0.25) is 9.97 Å². The highest BCUT2D eigenvalue weighted by Gasteiger charge is 2.52. The quantitative estimate of drug-likeness (QED) is 0.103. The molecule has 16 aromatic carbocycles. The fraction of sp³-hybridized carbons (Fsp3) is 0.184. The van der Waals surface area contributed by atoms with Gasteiger partial charge in [-0.1, -0.05) is 405 Å². The molecule has 12 heteroatoms. The molecule has 22 rings (SSSR count). The summed E-state index contributed by atoms with van der Waals surface area (Å²) < 4.78 is 16.3. The molecule has 0 aliphatic heterocycles. The Morgan fingerprint density at radius 3 is 0.978 bits per heavy atom. The molecule has 2 aliphatic carbocycles. The summed E-state index contributed by atoms with van der Waals surface area (Å²) in [5, 5.41) is 14.3. The average Bonchev–Trinajstić information content (AvgIpc) is 1.52. The maximum absolute atomic E-state index is 7.49. The van der Waals surface area contributed by atoms with Crippen molar-refractivity contribution < 1.29 is 8.83 Å². The van der Waals surface area contributed by atoms with Crippen LogP contribution in [-0.4, -0.2) is 34.2 Å². The summed E-state index contributed by atoms with van der Waals surface area (Å²) in [6.07, 6.45) is 3.86. The van der Waals surface area contributed by atoms with Crippen molar-refractivity contribution >= 4 is 183 Å². The molecule has 1 N–H and O–H groups in total. The Labute approximate surface area is 827 Å². The highest BCUT2D eigenvalue weighted by Crippen LogP contribution is 2.65. The Balaban J connectivity index is 0.000000160. The summed E-state index contributed by atoms with van der Waals surface area (Å²) in [6, 6.07) is 134. The smallest absolute Gasteiger partial charge is 0.145 e. The van der Waals surface area contributed by atoms with Crippen molar-refractivity contribution in [1.29, 1.82) is 0 Å². The number of aromatic nitrogens is 2. The highest BCUT2D eigenvalue weighted by molar-refractivity contribution is 9.11. The first kappa shape index (κ1) is 91.7. The Hall–Kier alpha value is -13.0. The van der Waals surface area contributed by atoms with Gasteiger partial charge in [-0.15, -0.1) is 0 Å². The van der Waals surface area contributed by atoms with Gasteiger partial charge in [0.05, 0.1) is 62.8 Å². The van der Waals surface area contributed by atoms with Gasteiger partial charge in [0.25, 0.3) is 0 Å². The first-order valence-corrected chi connectivity index (χ1v) is 60.0. The van der Waals surface area contributed by atoms with E-state index < -0.39 is 35.1 Å². The number of nitrogens with one attached hydrogen (secondary N) is 1. The van der Waals surface area contributed by atoms with E-state index in [9.17, 15) is 0 Å². The third-order valence-corrected chi connectivity index (χ3v) is 35.6. The van der Waals surface area contributed by atoms with Gasteiger partial charge in [-0.05, 0) is 205 Å². The second kappa shape index (κ2) is 35.2. The number of hydrogen-bond donors (Lipinski definition) is 1. The van der Waals surface area contributed by atoms with Crippen LogP contribution in [0.1, 0.15) is 124 Å². The Morgan fingerprint density at radius 2 is 0.577 bits per heavy atom. The number of halogens is 2. The molecule has 0 unspecified atom stereocenters. The predicted molar refractivity (Wildman–Crippen MR) is 599 cm³/mol. The van der Waals surface area contributed by atoms with E-state index in [1.165, 1.54) is 65.6 Å². The van der Waals surface area contributed by atoms with Crippen LogP contribution in [0.5, 0.6) is 0 Å². The number of hydrogen-bond acceptors (Lipinski definition) is 7. The third kappa shape index (κ3) is 16.4. The van der Waals surface area contributed by atoms with Gasteiger partial charge < -0.3 is 24.0 Å². The predicted octanol–water partition coefficient (Wildman–Crippen LogP) is 34.4. The summed E-state index contributed by atoms with van der Waals surface area (Å²) in [5.74, 6) is 0. The lowest BCUT2D eigenvalue weighted by Gasteiger charge is -2.36. The fourth-order valence-electron chi connectivity index (χ4n) is 20.9. The van der Waals surface area contributed by atoms with Crippen LogP contribution in [0.15, 0.2) is 394 Å².